The van der Waals surface area contributed by atoms with Crippen molar-refractivity contribution >= 4 is 24.0 Å². The second-order valence-electron chi connectivity index (χ2n) is 1.28. The third kappa shape index (κ3) is 2.63. The lowest BCUT2D eigenvalue weighted by atomic mass is 10.5. The SMILES string of the molecule is Cl.Fc1cccc(Cl)n1. The van der Waals surface area contributed by atoms with Crippen LogP contribution in [0.1, 0.15) is 0 Å². The Hall–Kier alpha value is -0.340. The van der Waals surface area contributed by atoms with Crippen LogP contribution in [0.2, 0.25) is 5.15 Å². The molecule has 1 rings (SSSR count). The molecule has 1 aromatic rings. The van der Waals surface area contributed by atoms with E-state index in [1.165, 1.54) is 18.2 Å². The van der Waals surface area contributed by atoms with Gasteiger partial charge in [-0.15, -0.1) is 12.4 Å². The van der Waals surface area contributed by atoms with Crippen molar-refractivity contribution in [3.63, 3.8) is 0 Å². The van der Waals surface area contributed by atoms with Gasteiger partial charge in [-0.25, -0.2) is 4.98 Å². The minimum absolute atomic E-state index is 0. The van der Waals surface area contributed by atoms with Crippen molar-refractivity contribution < 1.29 is 4.39 Å². The molecule has 0 amide bonds. The van der Waals surface area contributed by atoms with Gasteiger partial charge in [0, 0.05) is 0 Å². The van der Waals surface area contributed by atoms with E-state index in [1.54, 1.807) is 0 Å². The van der Waals surface area contributed by atoms with E-state index < -0.39 is 5.95 Å². The molecule has 0 unspecified atom stereocenters. The highest BCUT2D eigenvalue weighted by molar-refractivity contribution is 6.29. The Morgan fingerprint density at radius 3 is 2.44 bits per heavy atom. The standard InChI is InChI=1S/C5H3ClFN.ClH/c6-4-2-1-3-5(7)8-4;/h1-3H;1H. The number of pyridine rings is 1. The zero-order valence-electron chi connectivity index (χ0n) is 4.34. The lowest BCUT2D eigenvalue weighted by Gasteiger charge is -1.84. The quantitative estimate of drug-likeness (QED) is 0.541. The monoisotopic (exact) mass is 167 g/mol. The zero-order valence-corrected chi connectivity index (χ0v) is 5.92. The molecule has 0 aliphatic heterocycles. The third-order valence-electron chi connectivity index (χ3n) is 0.681. The molecule has 1 nitrogen and oxygen atoms in total. The summed E-state index contributed by atoms with van der Waals surface area (Å²) in [5.74, 6) is -0.544. The average Bonchev–Trinajstić information content (AvgIpc) is 1.64. The molecule has 0 aromatic carbocycles. The molecule has 0 saturated heterocycles. The smallest absolute Gasteiger partial charge is 0.208 e. The van der Waals surface area contributed by atoms with E-state index in [9.17, 15) is 4.39 Å². The van der Waals surface area contributed by atoms with E-state index in [2.05, 4.69) is 4.98 Å². The minimum atomic E-state index is -0.544. The Labute approximate surface area is 63.3 Å². The van der Waals surface area contributed by atoms with Crippen LogP contribution in [0, 0.1) is 5.95 Å². The molecule has 0 atom stereocenters. The van der Waals surface area contributed by atoms with Crippen molar-refractivity contribution in [2.45, 2.75) is 0 Å². The van der Waals surface area contributed by atoms with Gasteiger partial charge in [0.25, 0.3) is 0 Å². The highest BCUT2D eigenvalue weighted by Crippen LogP contribution is 2.02. The highest BCUT2D eigenvalue weighted by Gasteiger charge is 1.88. The van der Waals surface area contributed by atoms with Gasteiger partial charge in [-0.05, 0) is 12.1 Å². The molecule has 9 heavy (non-hydrogen) atoms. The number of hydrogen-bond donors (Lipinski definition) is 0. The third-order valence-corrected chi connectivity index (χ3v) is 0.892. The summed E-state index contributed by atoms with van der Waals surface area (Å²) in [5, 5.41) is 0.185. The molecule has 1 aromatic heterocycles. The molecule has 0 fully saturated rings. The number of aromatic nitrogens is 1. The molecule has 0 aliphatic rings. The minimum Gasteiger partial charge on any atom is -0.208 e. The first-order valence-corrected chi connectivity index (χ1v) is 2.45. The summed E-state index contributed by atoms with van der Waals surface area (Å²) in [7, 11) is 0. The van der Waals surface area contributed by atoms with Gasteiger partial charge in [0.05, 0.1) is 0 Å². The summed E-state index contributed by atoms with van der Waals surface area (Å²) < 4.78 is 12.0. The van der Waals surface area contributed by atoms with E-state index in [1.807, 2.05) is 0 Å². The van der Waals surface area contributed by atoms with E-state index in [0.717, 1.165) is 0 Å². The largest absolute Gasteiger partial charge is 0.214 e. The Morgan fingerprint density at radius 2 is 2.11 bits per heavy atom. The molecule has 0 bridgehead atoms. The summed E-state index contributed by atoms with van der Waals surface area (Å²) in [4.78, 5) is 3.27. The van der Waals surface area contributed by atoms with Crippen LogP contribution < -0.4 is 0 Å². The molecule has 1 heterocycles. The summed E-state index contributed by atoms with van der Waals surface area (Å²) in [6, 6.07) is 4.27. The second kappa shape index (κ2) is 3.64. The van der Waals surface area contributed by atoms with Crippen molar-refractivity contribution in [2.24, 2.45) is 0 Å². The number of hydrogen-bond acceptors (Lipinski definition) is 1. The lowest BCUT2D eigenvalue weighted by molar-refractivity contribution is 0.584. The van der Waals surface area contributed by atoms with Gasteiger partial charge < -0.3 is 0 Å². The Kier molecular flexibility index (Phi) is 3.50. The highest BCUT2D eigenvalue weighted by atomic mass is 35.5. The number of rotatable bonds is 0. The fourth-order valence-corrected chi connectivity index (χ4v) is 0.537. The van der Waals surface area contributed by atoms with Crippen molar-refractivity contribution in [3.8, 4) is 0 Å². The van der Waals surface area contributed by atoms with Crippen LogP contribution >= 0.6 is 24.0 Å². The van der Waals surface area contributed by atoms with Crippen molar-refractivity contribution in [3.05, 3.63) is 29.3 Å². The first kappa shape index (κ1) is 8.66. The number of halogens is 3. The van der Waals surface area contributed by atoms with E-state index in [4.69, 9.17) is 11.6 Å². The maximum atomic E-state index is 12.0. The summed E-state index contributed by atoms with van der Waals surface area (Å²) in [5.41, 5.74) is 0. The summed E-state index contributed by atoms with van der Waals surface area (Å²) in [6.07, 6.45) is 0. The molecule has 4 heteroatoms. The molecule has 0 spiro atoms. The van der Waals surface area contributed by atoms with Gasteiger partial charge in [-0.3, -0.25) is 0 Å². The maximum Gasteiger partial charge on any atom is 0.214 e. The van der Waals surface area contributed by atoms with E-state index in [-0.39, 0.29) is 17.6 Å². The van der Waals surface area contributed by atoms with Crippen LogP contribution in [0.4, 0.5) is 4.39 Å². The normalized spacial score (nSPS) is 8.22. The van der Waals surface area contributed by atoms with Gasteiger partial charge in [0.15, 0.2) is 0 Å². The first-order chi connectivity index (χ1) is 3.79. The van der Waals surface area contributed by atoms with Gasteiger partial charge in [-0.2, -0.15) is 4.39 Å². The fraction of sp³-hybridized carbons (Fsp3) is 0. The molecule has 0 aliphatic carbocycles. The van der Waals surface area contributed by atoms with Crippen molar-refractivity contribution in [1.82, 2.24) is 4.98 Å². The van der Waals surface area contributed by atoms with Crippen LogP contribution in [-0.2, 0) is 0 Å². The van der Waals surface area contributed by atoms with Crippen LogP contribution in [0.5, 0.6) is 0 Å². The predicted molar refractivity (Wildman–Crippen MR) is 36.5 cm³/mol. The molecule has 50 valence electrons. The van der Waals surface area contributed by atoms with Crippen molar-refractivity contribution in [1.29, 1.82) is 0 Å². The summed E-state index contributed by atoms with van der Waals surface area (Å²) >= 11 is 5.29. The fourth-order valence-electron chi connectivity index (χ4n) is 0.383. The second-order valence-corrected chi connectivity index (χ2v) is 1.67. The van der Waals surface area contributed by atoms with Crippen LogP contribution in [0.25, 0.3) is 0 Å². The van der Waals surface area contributed by atoms with Crippen LogP contribution in [0.3, 0.4) is 0 Å². The molecular formula is C5H4Cl2FN. The van der Waals surface area contributed by atoms with Crippen molar-refractivity contribution in [2.75, 3.05) is 0 Å². The van der Waals surface area contributed by atoms with E-state index >= 15 is 0 Å². The predicted octanol–water partition coefficient (Wildman–Crippen LogP) is 2.30. The van der Waals surface area contributed by atoms with Gasteiger partial charge >= 0.3 is 0 Å². The average molecular weight is 168 g/mol. The van der Waals surface area contributed by atoms with Crippen LogP contribution in [-0.4, -0.2) is 4.98 Å². The Morgan fingerprint density at radius 1 is 1.44 bits per heavy atom. The molecule has 0 saturated carbocycles. The Bertz CT molecular complexity index is 175. The zero-order chi connectivity index (χ0) is 5.98. The Balaban J connectivity index is 0.000000640. The van der Waals surface area contributed by atoms with Gasteiger partial charge in [0.2, 0.25) is 5.95 Å². The number of nitrogens with zero attached hydrogens (tertiary/aromatic N) is 1. The molecule has 0 N–H and O–H groups in total. The molecule has 0 radical (unpaired) electrons. The molecular weight excluding hydrogens is 164 g/mol. The van der Waals surface area contributed by atoms with E-state index in [0.29, 0.717) is 0 Å². The lowest BCUT2D eigenvalue weighted by Crippen LogP contribution is -1.78. The first-order valence-electron chi connectivity index (χ1n) is 2.07. The summed E-state index contributed by atoms with van der Waals surface area (Å²) in [6.45, 7) is 0. The van der Waals surface area contributed by atoms with Gasteiger partial charge in [-0.1, -0.05) is 17.7 Å². The van der Waals surface area contributed by atoms with Crippen LogP contribution in [0.15, 0.2) is 18.2 Å². The topological polar surface area (TPSA) is 12.9 Å². The maximum absolute atomic E-state index is 12.0. The van der Waals surface area contributed by atoms with Gasteiger partial charge in [0.1, 0.15) is 5.15 Å².